The van der Waals surface area contributed by atoms with E-state index in [4.69, 9.17) is 0 Å². The highest BCUT2D eigenvalue weighted by molar-refractivity contribution is 6.32. The largest absolute Gasteiger partial charge is 0.343 e. The molecule has 0 unspecified atom stereocenters. The highest BCUT2D eigenvalue weighted by Crippen LogP contribution is 2.48. The van der Waals surface area contributed by atoms with Crippen LogP contribution in [0.5, 0.6) is 0 Å². The third kappa shape index (κ3) is 4.69. The molecule has 0 aliphatic heterocycles. The van der Waals surface area contributed by atoms with Crippen LogP contribution in [-0.2, 0) is 14.1 Å². The minimum atomic E-state index is 1.12. The second-order valence-corrected chi connectivity index (χ2v) is 16.0. The minimum absolute atomic E-state index is 1.12. The summed E-state index contributed by atoms with van der Waals surface area (Å²) in [5.74, 6) is 0. The molecule has 0 N–H and O–H groups in total. The van der Waals surface area contributed by atoms with E-state index in [1.54, 1.807) is 0 Å². The van der Waals surface area contributed by atoms with Gasteiger partial charge in [0.2, 0.25) is 0 Å². The van der Waals surface area contributed by atoms with Crippen LogP contribution in [0.2, 0.25) is 0 Å². The molecule has 11 rings (SSSR count). The van der Waals surface area contributed by atoms with Gasteiger partial charge in [-0.1, -0.05) is 103 Å². The summed E-state index contributed by atoms with van der Waals surface area (Å²) in [7, 11) is 4.53. The fourth-order valence-corrected chi connectivity index (χ4v) is 10.2. The predicted octanol–water partition coefficient (Wildman–Crippen LogP) is 14.5. The van der Waals surface area contributed by atoms with Crippen LogP contribution in [0.4, 0.5) is 17.1 Å². The van der Waals surface area contributed by atoms with Crippen LogP contribution < -0.4 is 4.90 Å². The first-order valence-corrected chi connectivity index (χ1v) is 20.2. The smallest absolute Gasteiger partial charge is 0.0590 e. The predicted molar refractivity (Wildman–Crippen MR) is 249 cm³/mol. The molecular formula is C54H44N4. The zero-order valence-corrected chi connectivity index (χ0v) is 33.8. The Bertz CT molecular complexity index is 3510. The lowest BCUT2D eigenvalue weighted by molar-refractivity contribution is 1.01. The van der Waals surface area contributed by atoms with E-state index in [1.807, 2.05) is 0 Å². The molecule has 0 spiro atoms. The van der Waals surface area contributed by atoms with Crippen molar-refractivity contribution >= 4 is 93.3 Å². The summed E-state index contributed by atoms with van der Waals surface area (Å²) < 4.78 is 7.44. The van der Waals surface area contributed by atoms with Crippen LogP contribution in [-0.4, -0.2) is 13.7 Å². The van der Waals surface area contributed by atoms with E-state index in [9.17, 15) is 0 Å². The van der Waals surface area contributed by atoms with Gasteiger partial charge in [0.1, 0.15) is 0 Å². The maximum Gasteiger partial charge on any atom is 0.0590 e. The molecule has 3 heterocycles. The maximum absolute atomic E-state index is 2.51. The van der Waals surface area contributed by atoms with Gasteiger partial charge < -0.3 is 18.6 Å². The Balaban J connectivity index is 1.53. The van der Waals surface area contributed by atoms with Crippen molar-refractivity contribution in [1.29, 1.82) is 0 Å². The number of nitrogens with zero attached hydrogens (tertiary/aromatic N) is 4. The van der Waals surface area contributed by atoms with E-state index in [0.717, 1.165) is 33.8 Å². The highest BCUT2D eigenvalue weighted by Gasteiger charge is 2.25. The first-order chi connectivity index (χ1) is 28.3. The van der Waals surface area contributed by atoms with Gasteiger partial charge in [-0.2, -0.15) is 0 Å². The number of benzene rings is 8. The van der Waals surface area contributed by atoms with Crippen molar-refractivity contribution in [2.45, 2.75) is 27.7 Å². The lowest BCUT2D eigenvalue weighted by Crippen LogP contribution is -2.14. The number of rotatable bonds is 4. The van der Waals surface area contributed by atoms with E-state index >= 15 is 0 Å². The first kappa shape index (κ1) is 34.2. The molecule has 4 nitrogen and oxygen atoms in total. The summed E-state index contributed by atoms with van der Waals surface area (Å²) >= 11 is 0. The Morgan fingerprint density at radius 3 is 1.74 bits per heavy atom. The van der Waals surface area contributed by atoms with Crippen LogP contribution in [0.1, 0.15) is 22.3 Å². The monoisotopic (exact) mass is 748 g/mol. The lowest BCUT2D eigenvalue weighted by Gasteiger charge is -2.30. The van der Waals surface area contributed by atoms with Crippen molar-refractivity contribution in [2.75, 3.05) is 4.90 Å². The number of fused-ring (bicyclic) bond motifs is 11. The average molecular weight is 749 g/mol. The van der Waals surface area contributed by atoms with Gasteiger partial charge >= 0.3 is 0 Å². The summed E-state index contributed by atoms with van der Waals surface area (Å²) in [6.07, 6.45) is 0. The molecular weight excluding hydrogens is 705 g/mol. The molecule has 0 radical (unpaired) electrons. The van der Waals surface area contributed by atoms with Gasteiger partial charge in [0.05, 0.1) is 27.8 Å². The van der Waals surface area contributed by atoms with E-state index in [2.05, 4.69) is 218 Å². The maximum atomic E-state index is 2.51. The summed E-state index contributed by atoms with van der Waals surface area (Å²) in [6.45, 7) is 9.22. The second-order valence-electron chi connectivity index (χ2n) is 16.0. The average Bonchev–Trinajstić information content (AvgIpc) is 3.71. The van der Waals surface area contributed by atoms with Crippen LogP contribution in [0, 0.1) is 27.7 Å². The molecule has 280 valence electrons. The topological polar surface area (TPSA) is 18.0 Å². The molecule has 6 bridgehead atoms. The van der Waals surface area contributed by atoms with Crippen molar-refractivity contribution < 1.29 is 0 Å². The molecule has 8 aromatic carbocycles. The fraction of sp³-hybridized carbons (Fsp3) is 0.111. The zero-order chi connectivity index (χ0) is 39.4. The number of aromatic nitrogens is 3. The third-order valence-electron chi connectivity index (χ3n) is 12.9. The van der Waals surface area contributed by atoms with Gasteiger partial charge in [-0.05, 0) is 115 Å². The number of aryl methyl sites for hydroxylation is 6. The Labute approximate surface area is 338 Å². The molecule has 0 fully saturated rings. The summed E-state index contributed by atoms with van der Waals surface area (Å²) in [4.78, 5) is 2.48. The van der Waals surface area contributed by atoms with E-state index in [0.29, 0.717) is 0 Å². The van der Waals surface area contributed by atoms with Crippen molar-refractivity contribution in [2.24, 2.45) is 14.1 Å². The first-order valence-electron chi connectivity index (χ1n) is 20.2. The lowest BCUT2D eigenvalue weighted by atomic mass is 9.94. The molecule has 4 heteroatoms. The molecule has 58 heavy (non-hydrogen) atoms. The van der Waals surface area contributed by atoms with E-state index in [1.165, 1.54) is 87.4 Å². The summed E-state index contributed by atoms with van der Waals surface area (Å²) in [6, 6.07) is 58.1. The Hall–Kier alpha value is -7.04. The Morgan fingerprint density at radius 2 is 0.966 bits per heavy atom. The minimum Gasteiger partial charge on any atom is -0.343 e. The van der Waals surface area contributed by atoms with Crippen LogP contribution in [0.25, 0.3) is 81.9 Å². The number of hydrogen-bond donors (Lipinski definition) is 0. The Kier molecular flexibility index (Phi) is 7.52. The van der Waals surface area contributed by atoms with Crippen LogP contribution in [0.15, 0.2) is 158 Å². The normalized spacial score (nSPS) is 12.0. The molecule has 0 amide bonds. The highest BCUT2D eigenvalue weighted by atomic mass is 15.1. The SMILES string of the molecule is Cc1ccccc1N(c1ccccc1)c1cc2c(C)c(c1C)c1c3c(cc4c5cccc(c6cccc(c6C)n2-c2ccccc2)c5n(C)c41)c1ccccc1n3C. The van der Waals surface area contributed by atoms with Gasteiger partial charge in [0.25, 0.3) is 0 Å². The van der Waals surface area contributed by atoms with Crippen molar-refractivity contribution in [1.82, 2.24) is 13.7 Å². The number of anilines is 3. The second kappa shape index (κ2) is 12.7. The van der Waals surface area contributed by atoms with Crippen molar-refractivity contribution in [3.63, 3.8) is 0 Å². The standard InChI is InChI=1S/C54H44N4/c1-33-19-13-15-28-45(33)57(37-20-9-7-10-21-37)48-32-49-36(4)50(35(48)3)51-53-43(40-24-14-16-29-47(40)55(53)5)31-44-42-27-17-26-41(52(42)56(6)54(44)51)39-25-18-30-46(34(39)2)58(49)38-22-11-8-12-23-38/h7-32H,1-6H3. The molecule has 0 aliphatic rings. The van der Waals surface area contributed by atoms with Gasteiger partial charge in [-0.3, -0.25) is 0 Å². The Morgan fingerprint density at radius 1 is 0.379 bits per heavy atom. The quantitative estimate of drug-likeness (QED) is 0.175. The fourth-order valence-electron chi connectivity index (χ4n) is 10.2. The molecule has 0 saturated heterocycles. The summed E-state index contributed by atoms with van der Waals surface area (Å²) in [5.41, 5.74) is 16.7. The zero-order valence-electron chi connectivity index (χ0n) is 33.8. The van der Waals surface area contributed by atoms with E-state index in [-0.39, 0.29) is 0 Å². The number of hydrogen-bond acceptors (Lipinski definition) is 1. The van der Waals surface area contributed by atoms with Crippen LogP contribution in [0.3, 0.4) is 0 Å². The third-order valence-corrected chi connectivity index (χ3v) is 12.9. The molecule has 0 saturated carbocycles. The molecule has 0 aliphatic carbocycles. The summed E-state index contributed by atoms with van der Waals surface area (Å²) in [5, 5.41) is 10.1. The van der Waals surface area contributed by atoms with Gasteiger partial charge in [-0.15, -0.1) is 0 Å². The van der Waals surface area contributed by atoms with E-state index < -0.39 is 0 Å². The van der Waals surface area contributed by atoms with Crippen molar-refractivity contribution in [3.8, 4) is 5.69 Å². The molecule has 11 aromatic rings. The van der Waals surface area contributed by atoms with Gasteiger partial charge in [-0.25, -0.2) is 0 Å². The van der Waals surface area contributed by atoms with Gasteiger partial charge in [0.15, 0.2) is 0 Å². The molecule has 3 aromatic heterocycles. The van der Waals surface area contributed by atoms with Gasteiger partial charge in [0, 0.05) is 74.5 Å². The molecule has 0 atom stereocenters. The van der Waals surface area contributed by atoms with Crippen molar-refractivity contribution in [3.05, 3.63) is 180 Å². The number of para-hydroxylation sites is 5. The van der Waals surface area contributed by atoms with Crippen LogP contribution >= 0.6 is 0 Å².